The summed E-state index contributed by atoms with van der Waals surface area (Å²) in [6.07, 6.45) is -0.618. The fraction of sp³-hybridized carbons (Fsp3) is 0.429. The SMILES string of the molecule is COCCC(NC(=O)C(C)Oc1ccccc1Br)C(=O)O. The number of carboxylic acids is 1. The number of aliphatic carboxylic acids is 1. The molecule has 7 heteroatoms. The van der Waals surface area contributed by atoms with Gasteiger partial charge in [-0.15, -0.1) is 0 Å². The van der Waals surface area contributed by atoms with E-state index in [0.29, 0.717) is 5.75 Å². The Bertz CT molecular complexity index is 494. The van der Waals surface area contributed by atoms with Crippen molar-refractivity contribution in [1.29, 1.82) is 0 Å². The van der Waals surface area contributed by atoms with Crippen LogP contribution in [0.5, 0.6) is 5.75 Å². The number of benzene rings is 1. The Labute approximate surface area is 131 Å². The molecule has 1 amide bonds. The number of hydrogen-bond acceptors (Lipinski definition) is 4. The molecule has 2 atom stereocenters. The molecular weight excluding hydrogens is 342 g/mol. The van der Waals surface area contributed by atoms with Gasteiger partial charge in [-0.1, -0.05) is 12.1 Å². The molecule has 0 heterocycles. The number of rotatable bonds is 8. The molecule has 1 aromatic rings. The second-order valence-corrected chi connectivity index (χ2v) is 5.23. The predicted molar refractivity (Wildman–Crippen MR) is 80.3 cm³/mol. The van der Waals surface area contributed by atoms with Gasteiger partial charge in [0.05, 0.1) is 4.47 Å². The molecule has 21 heavy (non-hydrogen) atoms. The number of methoxy groups -OCH3 is 1. The minimum atomic E-state index is -1.10. The van der Waals surface area contributed by atoms with Crippen molar-refractivity contribution >= 4 is 27.8 Å². The summed E-state index contributed by atoms with van der Waals surface area (Å²) in [4.78, 5) is 23.0. The smallest absolute Gasteiger partial charge is 0.326 e. The molecular formula is C14H18BrNO5. The summed E-state index contributed by atoms with van der Waals surface area (Å²) in [5, 5.41) is 11.5. The Kier molecular flexibility index (Phi) is 7.18. The molecule has 0 fully saturated rings. The van der Waals surface area contributed by atoms with Crippen molar-refractivity contribution in [2.45, 2.75) is 25.5 Å². The first-order chi connectivity index (χ1) is 9.95. The first kappa shape index (κ1) is 17.5. The topological polar surface area (TPSA) is 84.9 Å². The first-order valence-electron chi connectivity index (χ1n) is 6.39. The van der Waals surface area contributed by atoms with E-state index < -0.39 is 24.0 Å². The van der Waals surface area contributed by atoms with E-state index in [9.17, 15) is 9.59 Å². The molecule has 0 bridgehead atoms. The molecule has 0 spiro atoms. The largest absolute Gasteiger partial charge is 0.480 e. The Balaban J connectivity index is 2.61. The summed E-state index contributed by atoms with van der Waals surface area (Å²) in [5.74, 6) is -1.08. The van der Waals surface area contributed by atoms with Gasteiger partial charge in [0.15, 0.2) is 6.10 Å². The van der Waals surface area contributed by atoms with Gasteiger partial charge in [-0.2, -0.15) is 0 Å². The van der Waals surface area contributed by atoms with Crippen molar-refractivity contribution in [3.63, 3.8) is 0 Å². The molecule has 0 saturated carbocycles. The zero-order valence-corrected chi connectivity index (χ0v) is 13.4. The Morgan fingerprint density at radius 3 is 2.62 bits per heavy atom. The molecule has 1 rings (SSSR count). The zero-order chi connectivity index (χ0) is 15.8. The number of halogens is 1. The number of carbonyl (C=O) groups excluding carboxylic acids is 1. The second-order valence-electron chi connectivity index (χ2n) is 4.37. The highest BCUT2D eigenvalue weighted by molar-refractivity contribution is 9.10. The minimum absolute atomic E-state index is 0.194. The van der Waals surface area contributed by atoms with Gasteiger partial charge in [-0.25, -0.2) is 4.79 Å². The van der Waals surface area contributed by atoms with Crippen LogP contribution in [0.15, 0.2) is 28.7 Å². The average Bonchev–Trinajstić information content (AvgIpc) is 2.45. The lowest BCUT2D eigenvalue weighted by molar-refractivity contribution is -0.143. The van der Waals surface area contributed by atoms with Crippen LogP contribution in [0, 0.1) is 0 Å². The summed E-state index contributed by atoms with van der Waals surface area (Å²) in [6, 6.07) is 6.12. The maximum Gasteiger partial charge on any atom is 0.326 e. The molecule has 0 saturated heterocycles. The lowest BCUT2D eigenvalue weighted by atomic mass is 10.2. The van der Waals surface area contributed by atoms with Crippen LogP contribution in [0.1, 0.15) is 13.3 Å². The van der Waals surface area contributed by atoms with Crippen LogP contribution in [-0.4, -0.2) is 42.8 Å². The zero-order valence-electron chi connectivity index (χ0n) is 11.8. The van der Waals surface area contributed by atoms with E-state index in [1.54, 1.807) is 25.1 Å². The summed E-state index contributed by atoms with van der Waals surface area (Å²) < 4.78 is 11.1. The van der Waals surface area contributed by atoms with Gasteiger partial charge in [0.25, 0.3) is 5.91 Å². The minimum Gasteiger partial charge on any atom is -0.480 e. The van der Waals surface area contributed by atoms with Gasteiger partial charge >= 0.3 is 5.97 Å². The number of carbonyl (C=O) groups is 2. The summed E-state index contributed by atoms with van der Waals surface area (Å²) in [6.45, 7) is 1.81. The fourth-order valence-corrected chi connectivity index (χ4v) is 1.94. The van der Waals surface area contributed by atoms with E-state index in [1.807, 2.05) is 6.07 Å². The van der Waals surface area contributed by atoms with Gasteiger partial charge in [0, 0.05) is 20.1 Å². The van der Waals surface area contributed by atoms with Gasteiger partial charge in [0.2, 0.25) is 0 Å². The first-order valence-corrected chi connectivity index (χ1v) is 7.18. The molecule has 0 aliphatic heterocycles. The molecule has 0 aliphatic rings. The van der Waals surface area contributed by atoms with Crippen molar-refractivity contribution in [1.82, 2.24) is 5.32 Å². The van der Waals surface area contributed by atoms with E-state index in [4.69, 9.17) is 14.6 Å². The molecule has 2 unspecified atom stereocenters. The molecule has 0 radical (unpaired) electrons. The maximum absolute atomic E-state index is 12.0. The van der Waals surface area contributed by atoms with Crippen molar-refractivity contribution in [3.05, 3.63) is 28.7 Å². The van der Waals surface area contributed by atoms with Gasteiger partial charge < -0.3 is 19.9 Å². The predicted octanol–water partition coefficient (Wildman–Crippen LogP) is 1.82. The van der Waals surface area contributed by atoms with Gasteiger partial charge in [-0.05, 0) is 35.0 Å². The van der Waals surface area contributed by atoms with E-state index in [-0.39, 0.29) is 13.0 Å². The summed E-state index contributed by atoms with van der Waals surface area (Å²) in [7, 11) is 1.47. The average molecular weight is 360 g/mol. The third-order valence-corrected chi connectivity index (χ3v) is 3.39. The molecule has 0 aromatic heterocycles. The number of nitrogens with one attached hydrogen (secondary N) is 1. The van der Waals surface area contributed by atoms with Crippen LogP contribution in [0.3, 0.4) is 0 Å². The monoisotopic (exact) mass is 359 g/mol. The third kappa shape index (κ3) is 5.73. The Morgan fingerprint density at radius 2 is 2.05 bits per heavy atom. The highest BCUT2D eigenvalue weighted by Gasteiger charge is 2.23. The van der Waals surface area contributed by atoms with Crippen molar-refractivity contribution in [3.8, 4) is 5.75 Å². The fourth-order valence-electron chi connectivity index (χ4n) is 1.57. The number of amides is 1. The van der Waals surface area contributed by atoms with E-state index >= 15 is 0 Å². The van der Waals surface area contributed by atoms with E-state index in [1.165, 1.54) is 7.11 Å². The van der Waals surface area contributed by atoms with Gasteiger partial charge in [-0.3, -0.25) is 4.79 Å². The van der Waals surface area contributed by atoms with Gasteiger partial charge in [0.1, 0.15) is 11.8 Å². The van der Waals surface area contributed by atoms with Crippen molar-refractivity contribution in [2.75, 3.05) is 13.7 Å². The lowest BCUT2D eigenvalue weighted by Gasteiger charge is -2.19. The number of carboxylic acid groups (broad SMARTS) is 1. The second kappa shape index (κ2) is 8.63. The van der Waals surface area contributed by atoms with E-state index in [2.05, 4.69) is 21.2 Å². The molecule has 1 aromatic carbocycles. The number of hydrogen-bond donors (Lipinski definition) is 2. The number of ether oxygens (including phenoxy) is 2. The Hall–Kier alpha value is -1.60. The molecule has 116 valence electrons. The molecule has 6 nitrogen and oxygen atoms in total. The van der Waals surface area contributed by atoms with Crippen LogP contribution in [-0.2, 0) is 14.3 Å². The van der Waals surface area contributed by atoms with Crippen LogP contribution in [0.25, 0.3) is 0 Å². The van der Waals surface area contributed by atoms with E-state index in [0.717, 1.165) is 4.47 Å². The van der Waals surface area contributed by atoms with Crippen LogP contribution in [0.4, 0.5) is 0 Å². The number of para-hydroxylation sites is 1. The summed E-state index contributed by atoms with van der Waals surface area (Å²) >= 11 is 3.31. The standard InChI is InChI=1S/C14H18BrNO5/c1-9(21-12-6-4-3-5-10(12)15)13(17)16-11(14(18)19)7-8-20-2/h3-6,9,11H,7-8H2,1-2H3,(H,16,17)(H,18,19). The normalized spacial score (nSPS) is 13.3. The molecule has 2 N–H and O–H groups in total. The quantitative estimate of drug-likeness (QED) is 0.739. The highest BCUT2D eigenvalue weighted by atomic mass is 79.9. The third-order valence-electron chi connectivity index (χ3n) is 2.73. The van der Waals surface area contributed by atoms with Crippen LogP contribution >= 0.6 is 15.9 Å². The maximum atomic E-state index is 12.0. The van der Waals surface area contributed by atoms with Crippen molar-refractivity contribution in [2.24, 2.45) is 0 Å². The Morgan fingerprint density at radius 1 is 1.38 bits per heavy atom. The summed E-state index contributed by atoms with van der Waals surface area (Å²) in [5.41, 5.74) is 0. The molecule has 0 aliphatic carbocycles. The lowest BCUT2D eigenvalue weighted by Crippen LogP contribution is -2.46. The highest BCUT2D eigenvalue weighted by Crippen LogP contribution is 2.24. The van der Waals surface area contributed by atoms with Crippen LogP contribution in [0.2, 0.25) is 0 Å². The van der Waals surface area contributed by atoms with Crippen molar-refractivity contribution < 1.29 is 24.2 Å². The van der Waals surface area contributed by atoms with Crippen LogP contribution < -0.4 is 10.1 Å².